The second-order valence-corrected chi connectivity index (χ2v) is 6.89. The van der Waals surface area contributed by atoms with Gasteiger partial charge in [0.1, 0.15) is 5.75 Å². The van der Waals surface area contributed by atoms with Gasteiger partial charge in [0.25, 0.3) is 0 Å². The number of methoxy groups -OCH3 is 1. The van der Waals surface area contributed by atoms with Gasteiger partial charge < -0.3 is 19.1 Å². The van der Waals surface area contributed by atoms with Crippen molar-refractivity contribution in [3.05, 3.63) is 58.2 Å². The predicted molar refractivity (Wildman–Crippen MR) is 119 cm³/mol. The van der Waals surface area contributed by atoms with Gasteiger partial charge in [0.2, 0.25) is 12.4 Å². The highest BCUT2D eigenvalue weighted by atomic mass is 16.5. The maximum absolute atomic E-state index is 13.1. The van der Waals surface area contributed by atoms with Crippen LogP contribution in [0.25, 0.3) is 26.9 Å². The van der Waals surface area contributed by atoms with Gasteiger partial charge in [0.15, 0.2) is 6.61 Å². The summed E-state index contributed by atoms with van der Waals surface area (Å²) < 4.78 is 16.7. The number of nitriles is 1. The largest absolute Gasteiger partial charge is 0.496 e. The zero-order chi connectivity index (χ0) is 23.3. The molecule has 0 spiro atoms. The third-order valence-electron chi connectivity index (χ3n) is 4.86. The van der Waals surface area contributed by atoms with Crippen molar-refractivity contribution in [3.63, 3.8) is 0 Å². The minimum Gasteiger partial charge on any atom is -0.496 e. The Morgan fingerprint density at radius 1 is 1.31 bits per heavy atom. The SMILES string of the molecule is [C-]#[N+]CCOC(=O)c1c(C)nc2c(C)cnc(OCC)c2c1-c1ccc(C#N)cc1OC. The molecule has 0 atom stereocenters. The maximum Gasteiger partial charge on any atom is 0.340 e. The van der Waals surface area contributed by atoms with E-state index in [1.54, 1.807) is 31.3 Å². The second-order valence-electron chi connectivity index (χ2n) is 6.89. The van der Waals surface area contributed by atoms with Gasteiger partial charge in [-0.1, -0.05) is 0 Å². The van der Waals surface area contributed by atoms with E-state index < -0.39 is 5.97 Å². The van der Waals surface area contributed by atoms with Crippen molar-refractivity contribution < 1.29 is 19.0 Å². The van der Waals surface area contributed by atoms with Gasteiger partial charge >= 0.3 is 5.97 Å². The highest BCUT2D eigenvalue weighted by Gasteiger charge is 2.27. The predicted octanol–water partition coefficient (Wildman–Crippen LogP) is 4.27. The standard InChI is InChI=1S/C24H22N4O4/c1-6-31-23-21-20(17-8-7-16(12-25)11-18(17)30-5)19(24(29)32-10-9-26-4)15(3)28-22(21)14(2)13-27-23/h7-8,11,13H,6,9-10H2,1-3,5H3. The van der Waals surface area contributed by atoms with Crippen LogP contribution in [0, 0.1) is 31.8 Å². The fraction of sp³-hybridized carbons (Fsp3) is 0.292. The molecular weight excluding hydrogens is 408 g/mol. The number of rotatable bonds is 7. The minimum atomic E-state index is -0.606. The van der Waals surface area contributed by atoms with E-state index in [2.05, 4.69) is 20.9 Å². The molecule has 0 saturated carbocycles. The number of fused-ring (bicyclic) bond motifs is 1. The Morgan fingerprint density at radius 3 is 2.75 bits per heavy atom. The summed E-state index contributed by atoms with van der Waals surface area (Å²) in [5, 5.41) is 9.86. The molecule has 0 fully saturated rings. The second kappa shape index (κ2) is 9.76. The van der Waals surface area contributed by atoms with Gasteiger partial charge in [-0.25, -0.2) is 16.4 Å². The number of pyridine rings is 2. The molecule has 32 heavy (non-hydrogen) atoms. The van der Waals surface area contributed by atoms with Crippen molar-refractivity contribution >= 4 is 16.9 Å². The van der Waals surface area contributed by atoms with E-state index >= 15 is 0 Å². The molecule has 8 heteroatoms. The van der Waals surface area contributed by atoms with Crippen molar-refractivity contribution in [1.29, 1.82) is 5.26 Å². The molecule has 0 bridgehead atoms. The van der Waals surface area contributed by atoms with E-state index in [1.165, 1.54) is 7.11 Å². The third kappa shape index (κ3) is 4.17. The lowest BCUT2D eigenvalue weighted by Gasteiger charge is -2.19. The Kier molecular flexibility index (Phi) is 6.87. The van der Waals surface area contributed by atoms with Crippen LogP contribution in [0.2, 0.25) is 0 Å². The van der Waals surface area contributed by atoms with E-state index in [9.17, 15) is 10.1 Å². The van der Waals surface area contributed by atoms with Crippen LogP contribution in [0.5, 0.6) is 11.6 Å². The zero-order valence-corrected chi connectivity index (χ0v) is 18.4. The van der Waals surface area contributed by atoms with Gasteiger partial charge in [0.05, 0.1) is 47.5 Å². The van der Waals surface area contributed by atoms with E-state index in [-0.39, 0.29) is 18.7 Å². The molecule has 2 aromatic heterocycles. The molecule has 0 aliphatic rings. The molecule has 0 amide bonds. The van der Waals surface area contributed by atoms with Crippen LogP contribution in [0.3, 0.4) is 0 Å². The molecular formula is C24H22N4O4. The van der Waals surface area contributed by atoms with E-state index in [4.69, 9.17) is 20.8 Å². The smallest absolute Gasteiger partial charge is 0.340 e. The quantitative estimate of drug-likeness (QED) is 0.314. The normalized spacial score (nSPS) is 10.3. The number of esters is 1. The summed E-state index contributed by atoms with van der Waals surface area (Å²) in [5.41, 5.74) is 3.64. The van der Waals surface area contributed by atoms with E-state index in [0.29, 0.717) is 51.5 Å². The summed E-state index contributed by atoms with van der Waals surface area (Å²) in [5.74, 6) is 0.137. The topological polar surface area (TPSA) is 98.7 Å². The van der Waals surface area contributed by atoms with Crippen LogP contribution in [0.15, 0.2) is 24.4 Å². The number of nitrogens with zero attached hydrogens (tertiary/aromatic N) is 4. The Hall–Kier alpha value is -4.17. The lowest BCUT2D eigenvalue weighted by atomic mass is 9.92. The fourth-order valence-corrected chi connectivity index (χ4v) is 3.47. The van der Waals surface area contributed by atoms with Crippen molar-refractivity contribution in [2.75, 3.05) is 26.9 Å². The number of carbonyl (C=O) groups is 1. The molecule has 0 N–H and O–H groups in total. The first-order valence-electron chi connectivity index (χ1n) is 9.98. The van der Waals surface area contributed by atoms with Gasteiger partial charge in [-0.2, -0.15) is 5.26 Å². The first-order valence-corrected chi connectivity index (χ1v) is 9.98. The molecule has 1 aromatic carbocycles. The molecule has 0 aliphatic carbocycles. The van der Waals surface area contributed by atoms with Crippen LogP contribution >= 0.6 is 0 Å². The number of aromatic nitrogens is 2. The molecule has 3 rings (SSSR count). The Bertz CT molecular complexity index is 1270. The molecule has 0 saturated heterocycles. The molecule has 8 nitrogen and oxygen atoms in total. The van der Waals surface area contributed by atoms with Gasteiger partial charge in [0, 0.05) is 17.3 Å². The fourth-order valence-electron chi connectivity index (χ4n) is 3.47. The lowest BCUT2D eigenvalue weighted by molar-refractivity contribution is 0.0523. The van der Waals surface area contributed by atoms with E-state index in [1.807, 2.05) is 13.8 Å². The van der Waals surface area contributed by atoms with Crippen LogP contribution < -0.4 is 9.47 Å². The average Bonchev–Trinajstić information content (AvgIpc) is 2.80. The van der Waals surface area contributed by atoms with Gasteiger partial charge in [-0.05, 0) is 44.5 Å². The van der Waals surface area contributed by atoms with E-state index in [0.717, 1.165) is 5.56 Å². The first-order chi connectivity index (χ1) is 15.5. The number of benzene rings is 1. The number of aryl methyl sites for hydroxylation is 2. The maximum atomic E-state index is 13.1. The molecule has 162 valence electrons. The summed E-state index contributed by atoms with van der Waals surface area (Å²) in [6.45, 7) is 12.8. The lowest BCUT2D eigenvalue weighted by Crippen LogP contribution is -2.14. The number of hydrogen-bond acceptors (Lipinski definition) is 7. The van der Waals surface area contributed by atoms with Crippen molar-refractivity contribution in [2.24, 2.45) is 0 Å². The third-order valence-corrected chi connectivity index (χ3v) is 4.86. The number of carbonyl (C=O) groups excluding carboxylic acids is 1. The van der Waals surface area contributed by atoms with Crippen LogP contribution in [-0.4, -0.2) is 42.8 Å². The van der Waals surface area contributed by atoms with Crippen LogP contribution in [0.4, 0.5) is 0 Å². The van der Waals surface area contributed by atoms with Crippen LogP contribution in [-0.2, 0) is 4.74 Å². The Balaban J connectivity index is 2.45. The number of ether oxygens (including phenoxy) is 3. The highest BCUT2D eigenvalue weighted by molar-refractivity contribution is 6.10. The van der Waals surface area contributed by atoms with Crippen molar-refractivity contribution in [1.82, 2.24) is 9.97 Å². The monoisotopic (exact) mass is 430 g/mol. The Morgan fingerprint density at radius 2 is 2.09 bits per heavy atom. The summed E-state index contributed by atoms with van der Waals surface area (Å²) in [4.78, 5) is 25.5. The average molecular weight is 430 g/mol. The van der Waals surface area contributed by atoms with Gasteiger partial charge in [-0.3, -0.25) is 4.98 Å². The summed E-state index contributed by atoms with van der Waals surface area (Å²) in [7, 11) is 1.50. The highest BCUT2D eigenvalue weighted by Crippen LogP contribution is 2.42. The molecule has 3 aromatic rings. The number of hydrogen-bond donors (Lipinski definition) is 0. The Labute approximate surface area is 186 Å². The minimum absolute atomic E-state index is 0.0336. The summed E-state index contributed by atoms with van der Waals surface area (Å²) in [6.07, 6.45) is 1.67. The van der Waals surface area contributed by atoms with Gasteiger partial charge in [-0.15, -0.1) is 0 Å². The first kappa shape index (κ1) is 22.5. The molecule has 2 heterocycles. The van der Waals surface area contributed by atoms with Crippen molar-refractivity contribution in [3.8, 4) is 28.8 Å². The molecule has 0 radical (unpaired) electrons. The molecule has 0 aliphatic heterocycles. The molecule has 0 unspecified atom stereocenters. The summed E-state index contributed by atoms with van der Waals surface area (Å²) >= 11 is 0. The summed E-state index contributed by atoms with van der Waals surface area (Å²) in [6, 6.07) is 7.07. The van der Waals surface area contributed by atoms with Crippen LogP contribution in [0.1, 0.15) is 34.1 Å². The zero-order valence-electron chi connectivity index (χ0n) is 18.4. The van der Waals surface area contributed by atoms with Crippen molar-refractivity contribution in [2.45, 2.75) is 20.8 Å².